The van der Waals surface area contributed by atoms with E-state index in [-0.39, 0.29) is 0 Å². The second-order valence-electron chi connectivity index (χ2n) is 6.37. The van der Waals surface area contributed by atoms with E-state index in [1.165, 1.54) is 70.8 Å². The SMILES string of the molecule is CCCCCCCCCCCC[n+]1ccn(C(C)C)c1. The molecule has 0 fully saturated rings. The number of rotatable bonds is 12. The van der Waals surface area contributed by atoms with Crippen LogP contribution in [0.1, 0.15) is 91.0 Å². The summed E-state index contributed by atoms with van der Waals surface area (Å²) in [6.07, 6.45) is 20.7. The van der Waals surface area contributed by atoms with Crippen LogP contribution in [-0.4, -0.2) is 4.57 Å². The zero-order valence-corrected chi connectivity index (χ0v) is 14.0. The average molecular weight is 279 g/mol. The van der Waals surface area contributed by atoms with E-state index < -0.39 is 0 Å². The van der Waals surface area contributed by atoms with Gasteiger partial charge in [0.15, 0.2) is 0 Å². The third kappa shape index (κ3) is 7.72. The predicted octanol–water partition coefficient (Wildman–Crippen LogP) is 5.28. The van der Waals surface area contributed by atoms with Gasteiger partial charge >= 0.3 is 0 Å². The van der Waals surface area contributed by atoms with Crippen LogP contribution >= 0.6 is 0 Å². The maximum absolute atomic E-state index is 2.32. The van der Waals surface area contributed by atoms with Gasteiger partial charge in [0.25, 0.3) is 0 Å². The first kappa shape index (κ1) is 17.3. The number of nitrogens with zero attached hydrogens (tertiary/aromatic N) is 2. The zero-order chi connectivity index (χ0) is 14.6. The number of hydrogen-bond donors (Lipinski definition) is 0. The Labute approximate surface area is 126 Å². The van der Waals surface area contributed by atoms with E-state index >= 15 is 0 Å². The van der Waals surface area contributed by atoms with Crippen LogP contribution in [0, 0.1) is 0 Å². The summed E-state index contributed by atoms with van der Waals surface area (Å²) in [5.74, 6) is 0. The molecule has 0 N–H and O–H groups in total. The molecular formula is C18H35N2+. The summed E-state index contributed by atoms with van der Waals surface area (Å²) in [5.41, 5.74) is 0. The van der Waals surface area contributed by atoms with Crippen molar-refractivity contribution in [1.82, 2.24) is 4.57 Å². The number of aromatic nitrogens is 2. The molecule has 1 aromatic heterocycles. The fraction of sp³-hybridized carbons (Fsp3) is 0.833. The maximum atomic E-state index is 2.32. The van der Waals surface area contributed by atoms with Crippen LogP contribution in [0.15, 0.2) is 18.7 Å². The smallest absolute Gasteiger partial charge is 0.237 e. The normalized spacial score (nSPS) is 11.4. The zero-order valence-electron chi connectivity index (χ0n) is 14.0. The topological polar surface area (TPSA) is 8.81 Å². The first-order valence-electron chi connectivity index (χ1n) is 8.80. The first-order valence-corrected chi connectivity index (χ1v) is 8.80. The van der Waals surface area contributed by atoms with Gasteiger partial charge in [-0.25, -0.2) is 9.13 Å². The highest BCUT2D eigenvalue weighted by atomic mass is 15.1. The average Bonchev–Trinajstić information content (AvgIpc) is 2.90. The van der Waals surface area contributed by atoms with Gasteiger partial charge < -0.3 is 0 Å². The highest BCUT2D eigenvalue weighted by Gasteiger charge is 2.05. The Kier molecular flexibility index (Phi) is 9.44. The van der Waals surface area contributed by atoms with Gasteiger partial charge in [-0.2, -0.15) is 0 Å². The molecule has 116 valence electrons. The minimum absolute atomic E-state index is 0.573. The van der Waals surface area contributed by atoms with Crippen molar-refractivity contribution in [3.8, 4) is 0 Å². The maximum Gasteiger partial charge on any atom is 0.243 e. The second-order valence-corrected chi connectivity index (χ2v) is 6.37. The van der Waals surface area contributed by atoms with Crippen LogP contribution in [0.3, 0.4) is 0 Å². The molecule has 1 aromatic rings. The van der Waals surface area contributed by atoms with Gasteiger partial charge in [-0.15, -0.1) is 0 Å². The van der Waals surface area contributed by atoms with Crippen molar-refractivity contribution in [3.05, 3.63) is 18.7 Å². The summed E-state index contributed by atoms with van der Waals surface area (Å²) in [5, 5.41) is 0. The number of aryl methyl sites for hydroxylation is 1. The molecule has 0 aliphatic heterocycles. The summed E-state index contributed by atoms with van der Waals surface area (Å²) < 4.78 is 4.60. The molecule has 0 unspecified atom stereocenters. The molecular weight excluding hydrogens is 244 g/mol. The first-order chi connectivity index (χ1) is 9.74. The Bertz CT molecular complexity index is 328. The molecule has 0 aliphatic rings. The molecule has 2 nitrogen and oxygen atoms in total. The van der Waals surface area contributed by atoms with E-state index in [1.54, 1.807) is 0 Å². The second kappa shape index (κ2) is 10.9. The minimum Gasteiger partial charge on any atom is -0.237 e. The highest BCUT2D eigenvalue weighted by Crippen LogP contribution is 2.10. The standard InChI is InChI=1S/C18H35N2/c1-4-5-6-7-8-9-10-11-12-13-14-19-15-16-20(17-19)18(2)3/h15-18H,4-14H2,1-3H3/q+1. The molecule has 1 rings (SSSR count). The fourth-order valence-electron chi connectivity index (χ4n) is 2.63. The molecule has 0 spiro atoms. The van der Waals surface area contributed by atoms with Crippen molar-refractivity contribution in [2.24, 2.45) is 0 Å². The number of hydrogen-bond acceptors (Lipinski definition) is 0. The van der Waals surface area contributed by atoms with Gasteiger partial charge in [0.05, 0.1) is 12.6 Å². The van der Waals surface area contributed by atoms with Crippen molar-refractivity contribution >= 4 is 0 Å². The molecule has 0 bridgehead atoms. The van der Waals surface area contributed by atoms with Crippen molar-refractivity contribution < 1.29 is 4.57 Å². The van der Waals surface area contributed by atoms with Crippen molar-refractivity contribution in [1.29, 1.82) is 0 Å². The Morgan fingerprint density at radius 2 is 1.40 bits per heavy atom. The van der Waals surface area contributed by atoms with Gasteiger partial charge in [-0.3, -0.25) is 0 Å². The Balaban J connectivity index is 1.91. The van der Waals surface area contributed by atoms with Crippen LogP contribution in [0.25, 0.3) is 0 Å². The number of unbranched alkanes of at least 4 members (excludes halogenated alkanes) is 9. The Morgan fingerprint density at radius 3 is 1.90 bits per heavy atom. The van der Waals surface area contributed by atoms with Crippen molar-refractivity contribution in [2.75, 3.05) is 0 Å². The third-order valence-electron chi connectivity index (χ3n) is 4.08. The molecule has 0 saturated heterocycles. The van der Waals surface area contributed by atoms with Gasteiger partial charge in [-0.1, -0.05) is 58.3 Å². The largest absolute Gasteiger partial charge is 0.243 e. The van der Waals surface area contributed by atoms with Crippen LogP contribution in [0.5, 0.6) is 0 Å². The molecule has 1 heterocycles. The van der Waals surface area contributed by atoms with Gasteiger partial charge in [0.1, 0.15) is 12.4 Å². The van der Waals surface area contributed by atoms with E-state index in [4.69, 9.17) is 0 Å². The van der Waals surface area contributed by atoms with Gasteiger partial charge in [0.2, 0.25) is 6.33 Å². The fourth-order valence-corrected chi connectivity index (χ4v) is 2.63. The molecule has 2 heteroatoms. The molecule has 0 amide bonds. The monoisotopic (exact) mass is 279 g/mol. The molecule has 0 aromatic carbocycles. The van der Waals surface area contributed by atoms with E-state index in [0.29, 0.717) is 6.04 Å². The van der Waals surface area contributed by atoms with E-state index in [0.717, 1.165) is 0 Å². The molecule has 0 radical (unpaired) electrons. The van der Waals surface area contributed by atoms with E-state index in [9.17, 15) is 0 Å². The Hall–Kier alpha value is -0.790. The van der Waals surface area contributed by atoms with Gasteiger partial charge in [-0.05, 0) is 26.7 Å². The lowest BCUT2D eigenvalue weighted by atomic mass is 10.1. The van der Waals surface area contributed by atoms with Crippen LogP contribution in [0.2, 0.25) is 0 Å². The van der Waals surface area contributed by atoms with Crippen LogP contribution in [-0.2, 0) is 6.54 Å². The molecule has 0 saturated carbocycles. The summed E-state index contributed by atoms with van der Waals surface area (Å²) in [7, 11) is 0. The lowest BCUT2D eigenvalue weighted by Crippen LogP contribution is -2.31. The summed E-state index contributed by atoms with van der Waals surface area (Å²) >= 11 is 0. The molecule has 20 heavy (non-hydrogen) atoms. The lowest BCUT2D eigenvalue weighted by Gasteiger charge is -2.01. The molecule has 0 aliphatic carbocycles. The highest BCUT2D eigenvalue weighted by molar-refractivity contribution is 4.69. The van der Waals surface area contributed by atoms with E-state index in [2.05, 4.69) is 48.6 Å². The predicted molar refractivity (Wildman–Crippen MR) is 86.9 cm³/mol. The van der Waals surface area contributed by atoms with E-state index in [1.807, 2.05) is 0 Å². The molecule has 0 atom stereocenters. The minimum atomic E-state index is 0.573. The number of imidazole rings is 1. The third-order valence-corrected chi connectivity index (χ3v) is 4.08. The quantitative estimate of drug-likeness (QED) is 0.364. The summed E-state index contributed by atoms with van der Waals surface area (Å²) in [4.78, 5) is 0. The van der Waals surface area contributed by atoms with Crippen molar-refractivity contribution in [3.63, 3.8) is 0 Å². The summed E-state index contributed by atoms with van der Waals surface area (Å²) in [6.45, 7) is 7.92. The summed E-state index contributed by atoms with van der Waals surface area (Å²) in [6, 6.07) is 0.573. The van der Waals surface area contributed by atoms with Crippen LogP contribution < -0.4 is 4.57 Å². The Morgan fingerprint density at radius 1 is 0.850 bits per heavy atom. The van der Waals surface area contributed by atoms with Crippen LogP contribution in [0.4, 0.5) is 0 Å². The van der Waals surface area contributed by atoms with Gasteiger partial charge in [0, 0.05) is 0 Å². The lowest BCUT2D eigenvalue weighted by molar-refractivity contribution is -0.697. The van der Waals surface area contributed by atoms with Crippen molar-refractivity contribution in [2.45, 2.75) is 97.6 Å².